The van der Waals surface area contributed by atoms with Crippen LogP contribution in [0.4, 0.5) is 13.6 Å². The molecule has 0 spiro atoms. The average Bonchev–Trinajstić information content (AvgIpc) is 3.10. The van der Waals surface area contributed by atoms with Crippen LogP contribution in [-0.4, -0.2) is 29.8 Å². The van der Waals surface area contributed by atoms with E-state index < -0.39 is 29.6 Å². The van der Waals surface area contributed by atoms with Gasteiger partial charge in [0.1, 0.15) is 6.61 Å². The highest BCUT2D eigenvalue weighted by molar-refractivity contribution is 5.82. The Morgan fingerprint density at radius 3 is 1.97 bits per heavy atom. The van der Waals surface area contributed by atoms with Crippen molar-refractivity contribution < 1.29 is 28.2 Å². The minimum Gasteiger partial charge on any atom is -0.480 e. The lowest BCUT2D eigenvalue weighted by Crippen LogP contribution is -2.51. The second-order valence-corrected chi connectivity index (χ2v) is 7.23. The second-order valence-electron chi connectivity index (χ2n) is 7.23. The van der Waals surface area contributed by atoms with Crippen LogP contribution in [-0.2, 0) is 15.5 Å². The molecule has 1 aliphatic carbocycles. The van der Waals surface area contributed by atoms with Crippen LogP contribution in [0.15, 0.2) is 78.9 Å². The maximum Gasteiger partial charge on any atom is 0.408 e. The number of rotatable bonds is 6. The van der Waals surface area contributed by atoms with E-state index in [0.29, 0.717) is 0 Å². The van der Waals surface area contributed by atoms with E-state index in [4.69, 9.17) is 4.74 Å². The molecule has 158 valence electrons. The Kier molecular flexibility index (Phi) is 5.42. The van der Waals surface area contributed by atoms with Gasteiger partial charge in [-0.05, 0) is 22.3 Å². The van der Waals surface area contributed by atoms with Crippen LogP contribution in [0, 0.1) is 0 Å². The number of alkyl halides is 2. The van der Waals surface area contributed by atoms with E-state index in [1.807, 2.05) is 53.8 Å². The minimum absolute atomic E-state index is 0.108. The van der Waals surface area contributed by atoms with Crippen LogP contribution in [0.2, 0.25) is 0 Å². The van der Waals surface area contributed by atoms with E-state index >= 15 is 0 Å². The van der Waals surface area contributed by atoms with Crippen LogP contribution in [0.5, 0.6) is 0 Å². The highest BCUT2D eigenvalue weighted by Crippen LogP contribution is 2.44. The standard InChI is InChI=1S/C24H19F2NO4/c25-24(26,15-8-2-1-3-9-15)21(22(28)29)27-23(30)31-14-20-18-12-6-4-10-16(18)17-11-5-7-13-19(17)20/h1-13,20-21H,14H2,(H,27,30)(H,28,29)/t21-/m0/s1. The van der Waals surface area contributed by atoms with Crippen LogP contribution < -0.4 is 5.32 Å². The van der Waals surface area contributed by atoms with E-state index in [1.165, 1.54) is 18.2 Å². The molecule has 0 bridgehead atoms. The first-order valence-electron chi connectivity index (χ1n) is 9.67. The minimum atomic E-state index is -3.82. The molecule has 4 rings (SSSR count). The third kappa shape index (κ3) is 3.86. The van der Waals surface area contributed by atoms with Crippen LogP contribution in [0.3, 0.4) is 0 Å². The van der Waals surface area contributed by atoms with Crippen LogP contribution in [0.25, 0.3) is 11.1 Å². The Balaban J connectivity index is 1.49. The summed E-state index contributed by atoms with van der Waals surface area (Å²) >= 11 is 0. The summed E-state index contributed by atoms with van der Waals surface area (Å²) in [5.74, 6) is -5.95. The monoisotopic (exact) mass is 423 g/mol. The summed E-state index contributed by atoms with van der Waals surface area (Å²) < 4.78 is 34.6. The lowest BCUT2D eigenvalue weighted by molar-refractivity contribution is -0.151. The van der Waals surface area contributed by atoms with Crippen LogP contribution in [0.1, 0.15) is 22.6 Å². The summed E-state index contributed by atoms with van der Waals surface area (Å²) in [4.78, 5) is 23.8. The molecule has 1 amide bonds. The molecule has 3 aromatic carbocycles. The van der Waals surface area contributed by atoms with Crippen molar-refractivity contribution in [3.63, 3.8) is 0 Å². The SMILES string of the molecule is O=C(N[C@@H](C(=O)O)C(F)(F)c1ccccc1)OCC1c2ccccc2-c2ccccc21. The van der Waals surface area contributed by atoms with Gasteiger partial charge < -0.3 is 15.2 Å². The number of ether oxygens (including phenoxy) is 1. The molecule has 0 radical (unpaired) electrons. The topological polar surface area (TPSA) is 75.6 Å². The molecule has 5 nitrogen and oxygen atoms in total. The molecule has 0 heterocycles. The number of carbonyl (C=O) groups is 2. The highest BCUT2D eigenvalue weighted by Gasteiger charge is 2.47. The van der Waals surface area contributed by atoms with E-state index in [1.54, 1.807) is 0 Å². The fourth-order valence-corrected chi connectivity index (χ4v) is 3.89. The third-order valence-corrected chi connectivity index (χ3v) is 5.37. The molecule has 3 aromatic rings. The normalized spacial score (nSPS) is 13.7. The molecule has 1 aliphatic rings. The van der Waals surface area contributed by atoms with Gasteiger partial charge in [0.15, 0.2) is 6.04 Å². The van der Waals surface area contributed by atoms with Gasteiger partial charge in [-0.1, -0.05) is 78.9 Å². The van der Waals surface area contributed by atoms with Gasteiger partial charge in [0.2, 0.25) is 0 Å². The summed E-state index contributed by atoms with van der Waals surface area (Å²) in [7, 11) is 0. The van der Waals surface area contributed by atoms with E-state index in [2.05, 4.69) is 0 Å². The number of benzene rings is 3. The molecular weight excluding hydrogens is 404 g/mol. The molecule has 31 heavy (non-hydrogen) atoms. The fourth-order valence-electron chi connectivity index (χ4n) is 3.89. The molecule has 1 atom stereocenters. The Bertz CT molecular complexity index is 1070. The predicted molar refractivity (Wildman–Crippen MR) is 110 cm³/mol. The number of carboxylic acids is 1. The van der Waals surface area contributed by atoms with Gasteiger partial charge in [-0.3, -0.25) is 0 Å². The van der Waals surface area contributed by atoms with Gasteiger partial charge in [0.25, 0.3) is 0 Å². The van der Waals surface area contributed by atoms with Gasteiger partial charge in [-0.15, -0.1) is 0 Å². The molecule has 0 fully saturated rings. The molecule has 0 saturated heterocycles. The van der Waals surface area contributed by atoms with Crippen molar-refractivity contribution in [3.8, 4) is 11.1 Å². The van der Waals surface area contributed by atoms with E-state index in [9.17, 15) is 23.5 Å². The smallest absolute Gasteiger partial charge is 0.408 e. The zero-order chi connectivity index (χ0) is 22.0. The average molecular weight is 423 g/mol. The van der Waals surface area contributed by atoms with Crippen molar-refractivity contribution in [2.24, 2.45) is 0 Å². The predicted octanol–water partition coefficient (Wildman–Crippen LogP) is 4.77. The number of alkyl carbamates (subject to hydrolysis) is 1. The number of carboxylic acid groups (broad SMARTS) is 1. The Morgan fingerprint density at radius 1 is 0.903 bits per heavy atom. The van der Waals surface area contributed by atoms with Crippen LogP contribution >= 0.6 is 0 Å². The summed E-state index contributed by atoms with van der Waals surface area (Å²) in [6, 6.07) is 19.4. The zero-order valence-electron chi connectivity index (χ0n) is 16.3. The number of nitrogens with one attached hydrogen (secondary N) is 1. The third-order valence-electron chi connectivity index (χ3n) is 5.37. The van der Waals surface area contributed by atoms with Crippen molar-refractivity contribution >= 4 is 12.1 Å². The Hall–Kier alpha value is -3.74. The van der Waals surface area contributed by atoms with Crippen molar-refractivity contribution in [1.82, 2.24) is 5.32 Å². The number of aliphatic carboxylic acids is 1. The number of carbonyl (C=O) groups excluding carboxylic acids is 1. The van der Waals surface area contributed by atoms with Crippen molar-refractivity contribution in [2.45, 2.75) is 17.9 Å². The number of fused-ring (bicyclic) bond motifs is 3. The number of hydrogen-bond donors (Lipinski definition) is 2. The first-order valence-corrected chi connectivity index (χ1v) is 9.67. The molecule has 0 saturated carbocycles. The summed E-state index contributed by atoms with van der Waals surface area (Å²) in [5, 5.41) is 11.1. The molecule has 7 heteroatoms. The Labute approximate surface area is 177 Å². The maximum atomic E-state index is 14.7. The summed E-state index contributed by atoms with van der Waals surface area (Å²) in [6.45, 7) is -0.108. The van der Waals surface area contributed by atoms with Gasteiger partial charge in [0, 0.05) is 11.5 Å². The van der Waals surface area contributed by atoms with Crippen molar-refractivity contribution in [2.75, 3.05) is 6.61 Å². The van der Waals surface area contributed by atoms with Crippen molar-refractivity contribution in [1.29, 1.82) is 0 Å². The summed E-state index contributed by atoms with van der Waals surface area (Å²) in [6.07, 6.45) is -1.22. The maximum absolute atomic E-state index is 14.7. The van der Waals surface area contributed by atoms with Gasteiger partial charge in [-0.25, -0.2) is 9.59 Å². The molecule has 0 aliphatic heterocycles. The lowest BCUT2D eigenvalue weighted by atomic mass is 9.98. The van der Waals surface area contributed by atoms with Crippen molar-refractivity contribution in [3.05, 3.63) is 95.6 Å². The van der Waals surface area contributed by atoms with Gasteiger partial charge in [0.05, 0.1) is 0 Å². The molecule has 2 N–H and O–H groups in total. The van der Waals surface area contributed by atoms with E-state index in [0.717, 1.165) is 34.4 Å². The van der Waals surface area contributed by atoms with Gasteiger partial charge in [-0.2, -0.15) is 8.78 Å². The number of halogens is 2. The molecule has 0 unspecified atom stereocenters. The van der Waals surface area contributed by atoms with Gasteiger partial charge >= 0.3 is 18.0 Å². The first-order chi connectivity index (χ1) is 14.9. The summed E-state index contributed by atoms with van der Waals surface area (Å²) in [5.41, 5.74) is 3.44. The zero-order valence-corrected chi connectivity index (χ0v) is 16.3. The number of hydrogen-bond acceptors (Lipinski definition) is 3. The molecular formula is C24H19F2NO4. The molecule has 0 aromatic heterocycles. The second kappa shape index (κ2) is 8.18. The first kappa shape index (κ1) is 20.5. The lowest BCUT2D eigenvalue weighted by Gasteiger charge is -2.25. The largest absolute Gasteiger partial charge is 0.480 e. The fraction of sp³-hybridized carbons (Fsp3) is 0.167. The van der Waals surface area contributed by atoms with E-state index in [-0.39, 0.29) is 12.5 Å². The quantitative estimate of drug-likeness (QED) is 0.599. The Morgan fingerprint density at radius 2 is 1.42 bits per heavy atom. The number of amides is 1. The highest BCUT2D eigenvalue weighted by atomic mass is 19.3.